The molecule has 4 nitrogen and oxygen atoms in total. The molecule has 1 aliphatic rings. The molecule has 1 aromatic rings. The molecule has 0 radical (unpaired) electrons. The molecule has 0 saturated carbocycles. The Labute approximate surface area is 165 Å². The van der Waals surface area contributed by atoms with E-state index in [0.717, 1.165) is 36.2 Å². The number of hydrogen-bond donors (Lipinski definition) is 0. The lowest BCUT2D eigenvalue weighted by molar-refractivity contribution is -0.891. The predicted molar refractivity (Wildman–Crippen MR) is 110 cm³/mol. The third-order valence-corrected chi connectivity index (χ3v) is 6.71. The highest BCUT2D eigenvalue weighted by molar-refractivity contribution is 5.56. The van der Waals surface area contributed by atoms with Gasteiger partial charge in [-0.25, -0.2) is 0 Å². The molecule has 0 aliphatic carbocycles. The third kappa shape index (κ3) is 4.48. The van der Waals surface area contributed by atoms with E-state index in [1.807, 2.05) is 0 Å². The molecule has 2 unspecified atom stereocenters. The summed E-state index contributed by atoms with van der Waals surface area (Å²) in [6.07, 6.45) is 3.75. The normalized spacial score (nSPS) is 22.1. The summed E-state index contributed by atoms with van der Waals surface area (Å²) in [5.41, 5.74) is 5.76. The van der Waals surface area contributed by atoms with Gasteiger partial charge in [0.15, 0.2) is 0 Å². The van der Waals surface area contributed by atoms with Gasteiger partial charge in [-0.3, -0.25) is 4.79 Å². The molecule has 152 valence electrons. The standard InChI is InChI=1S/C23H38NO3/c1-9-10-12-24(7,8)13-11-23(6)21(26-15-25)14-20-18(4)16(2)17(3)19(5)22(20)27-23/h15,21H,9-14H2,1-8H3/q+1. The van der Waals surface area contributed by atoms with Crippen molar-refractivity contribution in [1.82, 2.24) is 0 Å². The van der Waals surface area contributed by atoms with E-state index in [1.54, 1.807) is 0 Å². The van der Waals surface area contributed by atoms with Crippen LogP contribution in [0.4, 0.5) is 0 Å². The van der Waals surface area contributed by atoms with E-state index in [9.17, 15) is 4.79 Å². The van der Waals surface area contributed by atoms with Gasteiger partial charge in [0.1, 0.15) is 17.5 Å². The first-order chi connectivity index (χ1) is 12.6. The number of carbonyl (C=O) groups is 1. The Hall–Kier alpha value is -1.55. The SMILES string of the molecule is CCCC[N+](C)(C)CCC1(C)Oc2c(C)c(C)c(C)c(C)c2CC1OC=O. The zero-order valence-electron chi connectivity index (χ0n) is 18.6. The van der Waals surface area contributed by atoms with E-state index in [-0.39, 0.29) is 6.10 Å². The summed E-state index contributed by atoms with van der Waals surface area (Å²) in [6.45, 7) is 15.7. The first kappa shape index (κ1) is 21.7. The van der Waals surface area contributed by atoms with Crippen LogP contribution in [-0.4, -0.2) is 49.8 Å². The number of nitrogens with zero attached hydrogens (tertiary/aromatic N) is 1. The summed E-state index contributed by atoms with van der Waals surface area (Å²) in [5.74, 6) is 1.00. The second-order valence-corrected chi connectivity index (χ2v) is 9.13. The topological polar surface area (TPSA) is 35.5 Å². The van der Waals surface area contributed by atoms with E-state index in [2.05, 4.69) is 55.6 Å². The molecule has 0 amide bonds. The third-order valence-electron chi connectivity index (χ3n) is 6.71. The predicted octanol–water partition coefficient (Wildman–Crippen LogP) is 4.42. The number of benzene rings is 1. The number of hydrogen-bond acceptors (Lipinski definition) is 3. The van der Waals surface area contributed by atoms with Crippen LogP contribution < -0.4 is 4.74 Å². The lowest BCUT2D eigenvalue weighted by Crippen LogP contribution is -2.54. The average Bonchev–Trinajstić information content (AvgIpc) is 2.63. The van der Waals surface area contributed by atoms with E-state index >= 15 is 0 Å². The summed E-state index contributed by atoms with van der Waals surface area (Å²) >= 11 is 0. The average molecular weight is 377 g/mol. The quantitative estimate of drug-likeness (QED) is 0.498. The van der Waals surface area contributed by atoms with Gasteiger partial charge in [-0.15, -0.1) is 0 Å². The molecule has 1 heterocycles. The smallest absolute Gasteiger partial charge is 0.293 e. The Morgan fingerprint density at radius 2 is 1.74 bits per heavy atom. The van der Waals surface area contributed by atoms with Crippen molar-refractivity contribution in [3.63, 3.8) is 0 Å². The molecule has 0 spiro atoms. The molecule has 0 N–H and O–H groups in total. The van der Waals surface area contributed by atoms with Gasteiger partial charge in [-0.05, 0) is 63.3 Å². The summed E-state index contributed by atoms with van der Waals surface area (Å²) in [6, 6.07) is 0. The molecule has 1 aromatic carbocycles. The highest BCUT2D eigenvalue weighted by atomic mass is 16.6. The van der Waals surface area contributed by atoms with E-state index < -0.39 is 5.60 Å². The largest absolute Gasteiger partial charge is 0.483 e. The maximum absolute atomic E-state index is 11.2. The number of carbonyl (C=O) groups excluding carboxylic acids is 1. The molecule has 27 heavy (non-hydrogen) atoms. The van der Waals surface area contributed by atoms with Crippen LogP contribution in [0.2, 0.25) is 0 Å². The molecule has 4 heteroatoms. The van der Waals surface area contributed by atoms with Crippen LogP contribution in [-0.2, 0) is 16.0 Å². The van der Waals surface area contributed by atoms with Crippen molar-refractivity contribution in [3.05, 3.63) is 27.8 Å². The fourth-order valence-corrected chi connectivity index (χ4v) is 4.13. The van der Waals surface area contributed by atoms with Crippen molar-refractivity contribution in [1.29, 1.82) is 0 Å². The van der Waals surface area contributed by atoms with Gasteiger partial charge >= 0.3 is 0 Å². The summed E-state index contributed by atoms with van der Waals surface area (Å²) in [5, 5.41) is 0. The van der Waals surface area contributed by atoms with Crippen molar-refractivity contribution in [3.8, 4) is 5.75 Å². The van der Waals surface area contributed by atoms with Crippen molar-refractivity contribution in [2.75, 3.05) is 27.2 Å². The van der Waals surface area contributed by atoms with Crippen LogP contribution >= 0.6 is 0 Å². The molecule has 0 bridgehead atoms. The zero-order valence-corrected chi connectivity index (χ0v) is 18.6. The number of rotatable bonds is 8. The maximum Gasteiger partial charge on any atom is 0.293 e. The molecule has 0 fully saturated rings. The maximum atomic E-state index is 11.2. The van der Waals surface area contributed by atoms with Gasteiger partial charge in [0.25, 0.3) is 6.47 Å². The van der Waals surface area contributed by atoms with Crippen molar-refractivity contribution in [2.45, 2.75) is 78.9 Å². The van der Waals surface area contributed by atoms with Gasteiger partial charge in [-0.1, -0.05) is 13.3 Å². The van der Waals surface area contributed by atoms with Gasteiger partial charge < -0.3 is 14.0 Å². The highest BCUT2D eigenvalue weighted by Gasteiger charge is 2.45. The molecular weight excluding hydrogens is 338 g/mol. The van der Waals surface area contributed by atoms with Crippen LogP contribution in [0, 0.1) is 27.7 Å². The molecular formula is C23H38NO3+. The minimum atomic E-state index is -0.505. The molecule has 0 aromatic heterocycles. The monoisotopic (exact) mass is 376 g/mol. The lowest BCUT2D eigenvalue weighted by Gasteiger charge is -2.44. The number of ether oxygens (including phenoxy) is 2. The van der Waals surface area contributed by atoms with Crippen molar-refractivity contribution < 1.29 is 18.8 Å². The minimum absolute atomic E-state index is 0.256. The summed E-state index contributed by atoms with van der Waals surface area (Å²) in [7, 11) is 4.54. The molecule has 2 rings (SSSR count). The summed E-state index contributed by atoms with van der Waals surface area (Å²) < 4.78 is 13.1. The van der Waals surface area contributed by atoms with Crippen molar-refractivity contribution in [2.24, 2.45) is 0 Å². The number of quaternary nitrogens is 1. The van der Waals surface area contributed by atoms with E-state index in [0.29, 0.717) is 6.47 Å². The number of fused-ring (bicyclic) bond motifs is 1. The van der Waals surface area contributed by atoms with Crippen LogP contribution in [0.3, 0.4) is 0 Å². The second kappa shape index (κ2) is 8.22. The highest BCUT2D eigenvalue weighted by Crippen LogP contribution is 2.43. The van der Waals surface area contributed by atoms with Gasteiger partial charge in [-0.2, -0.15) is 0 Å². The Morgan fingerprint density at radius 3 is 2.33 bits per heavy atom. The van der Waals surface area contributed by atoms with Crippen LogP contribution in [0.15, 0.2) is 0 Å². The van der Waals surface area contributed by atoms with Gasteiger partial charge in [0.2, 0.25) is 0 Å². The Bertz CT molecular complexity index is 696. The minimum Gasteiger partial charge on any atom is -0.483 e. The second-order valence-electron chi connectivity index (χ2n) is 9.13. The van der Waals surface area contributed by atoms with Crippen LogP contribution in [0.5, 0.6) is 5.75 Å². The molecule has 2 atom stereocenters. The van der Waals surface area contributed by atoms with E-state index in [1.165, 1.54) is 40.7 Å². The van der Waals surface area contributed by atoms with E-state index in [4.69, 9.17) is 9.47 Å². The van der Waals surface area contributed by atoms with Gasteiger partial charge in [0, 0.05) is 18.4 Å². The molecule has 0 saturated heterocycles. The van der Waals surface area contributed by atoms with Gasteiger partial charge in [0.05, 0.1) is 27.2 Å². The lowest BCUT2D eigenvalue weighted by atomic mass is 9.82. The first-order valence-corrected chi connectivity index (χ1v) is 10.3. The molecule has 1 aliphatic heterocycles. The van der Waals surface area contributed by atoms with Crippen molar-refractivity contribution >= 4 is 6.47 Å². The van der Waals surface area contributed by atoms with Crippen LogP contribution in [0.1, 0.15) is 60.9 Å². The fraction of sp³-hybridized carbons (Fsp3) is 0.696. The fourth-order valence-electron chi connectivity index (χ4n) is 4.13. The first-order valence-electron chi connectivity index (χ1n) is 10.3. The summed E-state index contributed by atoms with van der Waals surface area (Å²) in [4.78, 5) is 11.2. The Balaban J connectivity index is 2.35. The zero-order chi connectivity index (χ0) is 20.4. The Morgan fingerprint density at radius 1 is 1.11 bits per heavy atom. The number of unbranched alkanes of at least 4 members (excludes halogenated alkanes) is 1. The Kier molecular flexibility index (Phi) is 6.62. The van der Waals surface area contributed by atoms with Crippen LogP contribution in [0.25, 0.3) is 0 Å².